The summed E-state index contributed by atoms with van der Waals surface area (Å²) < 4.78 is 0. The van der Waals surface area contributed by atoms with E-state index in [1.807, 2.05) is 6.92 Å². The third-order valence-electron chi connectivity index (χ3n) is 5.43. The monoisotopic (exact) mass is 340 g/mol. The van der Waals surface area contributed by atoms with E-state index in [2.05, 4.69) is 13.8 Å². The molecule has 0 aliphatic carbocycles. The first-order valence-corrected chi connectivity index (χ1v) is 10.8. The molecule has 0 aromatic carbocycles. The van der Waals surface area contributed by atoms with E-state index in [4.69, 9.17) is 0 Å². The van der Waals surface area contributed by atoms with Gasteiger partial charge in [-0.2, -0.15) is 0 Å². The van der Waals surface area contributed by atoms with Gasteiger partial charge in [0.2, 0.25) is 0 Å². The van der Waals surface area contributed by atoms with Crippen molar-refractivity contribution in [3.8, 4) is 0 Å². The van der Waals surface area contributed by atoms with Crippen LogP contribution in [0.3, 0.4) is 0 Å². The van der Waals surface area contributed by atoms with Gasteiger partial charge in [0.15, 0.2) is 0 Å². The topological polar surface area (TPSA) is 37.3 Å². The number of carboxylic acids is 1. The van der Waals surface area contributed by atoms with Crippen molar-refractivity contribution < 1.29 is 9.90 Å². The van der Waals surface area contributed by atoms with Gasteiger partial charge in [0, 0.05) is 0 Å². The van der Waals surface area contributed by atoms with E-state index in [1.165, 1.54) is 83.5 Å². The maximum atomic E-state index is 11.6. The second kappa shape index (κ2) is 16.0. The maximum absolute atomic E-state index is 11.6. The predicted octanol–water partition coefficient (Wildman–Crippen LogP) is 7.75. The molecule has 0 bridgehead atoms. The van der Waals surface area contributed by atoms with Gasteiger partial charge in [-0.25, -0.2) is 0 Å². The predicted molar refractivity (Wildman–Crippen MR) is 106 cm³/mol. The normalized spacial score (nSPS) is 13.8. The van der Waals surface area contributed by atoms with Crippen LogP contribution in [0, 0.1) is 5.41 Å². The van der Waals surface area contributed by atoms with Crippen LogP contribution in [-0.4, -0.2) is 11.1 Å². The molecule has 2 nitrogen and oxygen atoms in total. The molecular formula is C22H44O2. The second-order valence-electron chi connectivity index (χ2n) is 7.96. The number of carbonyl (C=O) groups is 1. The molecule has 1 N–H and O–H groups in total. The molecule has 0 aromatic heterocycles. The smallest absolute Gasteiger partial charge is 0.309 e. The molecule has 0 rings (SSSR count). The van der Waals surface area contributed by atoms with Crippen molar-refractivity contribution >= 4 is 5.97 Å². The molecule has 0 amide bonds. The molecule has 0 aliphatic heterocycles. The third kappa shape index (κ3) is 12.8. The van der Waals surface area contributed by atoms with Gasteiger partial charge >= 0.3 is 5.97 Å². The van der Waals surface area contributed by atoms with Gasteiger partial charge in [-0.05, 0) is 19.8 Å². The Balaban J connectivity index is 3.68. The fourth-order valence-corrected chi connectivity index (χ4v) is 3.46. The SMILES string of the molecule is CCCCCCCCCCCCC(C)(CCCCCCC)C(=O)O. The van der Waals surface area contributed by atoms with Gasteiger partial charge in [-0.3, -0.25) is 4.79 Å². The molecule has 0 aromatic rings. The zero-order valence-corrected chi connectivity index (χ0v) is 16.9. The van der Waals surface area contributed by atoms with E-state index < -0.39 is 11.4 Å². The molecule has 144 valence electrons. The van der Waals surface area contributed by atoms with E-state index in [9.17, 15) is 9.90 Å². The lowest BCUT2D eigenvalue weighted by Crippen LogP contribution is -2.27. The molecule has 0 heterocycles. The summed E-state index contributed by atoms with van der Waals surface area (Å²) in [6.07, 6.45) is 20.9. The van der Waals surface area contributed by atoms with E-state index in [0.29, 0.717) is 0 Å². The minimum Gasteiger partial charge on any atom is -0.481 e. The fraction of sp³-hybridized carbons (Fsp3) is 0.955. The molecule has 0 saturated carbocycles. The molecule has 2 heteroatoms. The van der Waals surface area contributed by atoms with Crippen LogP contribution >= 0.6 is 0 Å². The molecule has 24 heavy (non-hydrogen) atoms. The fourth-order valence-electron chi connectivity index (χ4n) is 3.46. The molecule has 0 radical (unpaired) electrons. The van der Waals surface area contributed by atoms with Crippen LogP contribution in [0.2, 0.25) is 0 Å². The zero-order chi connectivity index (χ0) is 18.1. The highest BCUT2D eigenvalue weighted by Gasteiger charge is 2.31. The average molecular weight is 341 g/mol. The van der Waals surface area contributed by atoms with Crippen molar-refractivity contribution in [2.24, 2.45) is 5.41 Å². The first kappa shape index (κ1) is 23.5. The van der Waals surface area contributed by atoms with Gasteiger partial charge in [0.25, 0.3) is 0 Å². The minimum atomic E-state index is -0.589. The summed E-state index contributed by atoms with van der Waals surface area (Å²) in [6, 6.07) is 0. The van der Waals surface area contributed by atoms with Crippen LogP contribution in [-0.2, 0) is 4.79 Å². The van der Waals surface area contributed by atoms with E-state index >= 15 is 0 Å². The molecule has 0 saturated heterocycles. The Morgan fingerprint density at radius 2 is 0.917 bits per heavy atom. The number of hydrogen-bond donors (Lipinski definition) is 1. The van der Waals surface area contributed by atoms with Gasteiger partial charge in [-0.15, -0.1) is 0 Å². The van der Waals surface area contributed by atoms with Crippen molar-refractivity contribution in [3.05, 3.63) is 0 Å². The average Bonchev–Trinajstić information content (AvgIpc) is 2.56. The number of rotatable bonds is 18. The minimum absolute atomic E-state index is 0.494. The number of hydrogen-bond acceptors (Lipinski definition) is 1. The van der Waals surface area contributed by atoms with Gasteiger partial charge in [0.05, 0.1) is 5.41 Å². The molecule has 0 fully saturated rings. The second-order valence-corrected chi connectivity index (χ2v) is 7.96. The van der Waals surface area contributed by atoms with Crippen molar-refractivity contribution in [3.63, 3.8) is 0 Å². The molecule has 1 unspecified atom stereocenters. The quantitative estimate of drug-likeness (QED) is 0.259. The Labute approximate surface area is 151 Å². The standard InChI is InChI=1S/C22H44O2/c1-4-6-8-10-11-12-13-14-16-18-20-22(3,21(23)24)19-17-15-9-7-5-2/h4-20H2,1-3H3,(H,23,24). The largest absolute Gasteiger partial charge is 0.481 e. The number of carboxylic acid groups (broad SMARTS) is 1. The summed E-state index contributed by atoms with van der Waals surface area (Å²) in [5.74, 6) is -0.589. The Kier molecular flexibility index (Phi) is 15.6. The Morgan fingerprint density at radius 3 is 1.21 bits per heavy atom. The highest BCUT2D eigenvalue weighted by Crippen LogP contribution is 2.31. The molecule has 1 atom stereocenters. The van der Waals surface area contributed by atoms with Gasteiger partial charge in [-0.1, -0.05) is 110 Å². The molecule has 0 spiro atoms. The summed E-state index contributed by atoms with van der Waals surface area (Å²) in [4.78, 5) is 11.6. The van der Waals surface area contributed by atoms with E-state index in [1.54, 1.807) is 0 Å². The van der Waals surface area contributed by atoms with E-state index in [-0.39, 0.29) is 0 Å². The zero-order valence-electron chi connectivity index (χ0n) is 16.9. The number of aliphatic carboxylic acids is 1. The summed E-state index contributed by atoms with van der Waals surface area (Å²) in [6.45, 7) is 6.44. The number of unbranched alkanes of at least 4 members (excludes halogenated alkanes) is 13. The highest BCUT2D eigenvalue weighted by molar-refractivity contribution is 5.74. The Hall–Kier alpha value is -0.530. The first-order valence-electron chi connectivity index (χ1n) is 10.8. The molecular weight excluding hydrogens is 296 g/mol. The lowest BCUT2D eigenvalue weighted by molar-refractivity contribution is -0.149. The third-order valence-corrected chi connectivity index (χ3v) is 5.43. The Bertz CT molecular complexity index is 288. The first-order chi connectivity index (χ1) is 11.6. The van der Waals surface area contributed by atoms with Crippen molar-refractivity contribution in [1.82, 2.24) is 0 Å². The summed E-state index contributed by atoms with van der Waals surface area (Å²) >= 11 is 0. The van der Waals surface area contributed by atoms with Gasteiger partial charge < -0.3 is 5.11 Å². The van der Waals surface area contributed by atoms with Crippen LogP contribution in [0.1, 0.15) is 130 Å². The van der Waals surface area contributed by atoms with Crippen LogP contribution < -0.4 is 0 Å². The van der Waals surface area contributed by atoms with Crippen LogP contribution in [0.25, 0.3) is 0 Å². The summed E-state index contributed by atoms with van der Waals surface area (Å²) in [5.41, 5.74) is -0.494. The van der Waals surface area contributed by atoms with Crippen LogP contribution in [0.15, 0.2) is 0 Å². The van der Waals surface area contributed by atoms with E-state index in [0.717, 1.165) is 25.7 Å². The molecule has 0 aliphatic rings. The lowest BCUT2D eigenvalue weighted by Gasteiger charge is -2.24. The van der Waals surface area contributed by atoms with Crippen LogP contribution in [0.4, 0.5) is 0 Å². The summed E-state index contributed by atoms with van der Waals surface area (Å²) in [7, 11) is 0. The maximum Gasteiger partial charge on any atom is 0.309 e. The Morgan fingerprint density at radius 1 is 0.625 bits per heavy atom. The van der Waals surface area contributed by atoms with Gasteiger partial charge in [0.1, 0.15) is 0 Å². The van der Waals surface area contributed by atoms with Crippen molar-refractivity contribution in [2.45, 2.75) is 130 Å². The van der Waals surface area contributed by atoms with Crippen LogP contribution in [0.5, 0.6) is 0 Å². The van der Waals surface area contributed by atoms with Crippen molar-refractivity contribution in [2.75, 3.05) is 0 Å². The lowest BCUT2D eigenvalue weighted by atomic mass is 9.80. The van der Waals surface area contributed by atoms with Crippen molar-refractivity contribution in [1.29, 1.82) is 0 Å². The highest BCUT2D eigenvalue weighted by atomic mass is 16.4. The summed E-state index contributed by atoms with van der Waals surface area (Å²) in [5, 5.41) is 9.58.